The van der Waals surface area contributed by atoms with E-state index in [2.05, 4.69) is 5.32 Å². The molecule has 1 atom stereocenters. The summed E-state index contributed by atoms with van der Waals surface area (Å²) < 4.78 is 33.1. The SMILES string of the molecule is CC(Oc1cccc(Cl)c1)C(=O)Nc1cccc(S(=O)(=O)N2CCCCCC2)c1. The van der Waals surface area contributed by atoms with Crippen molar-refractivity contribution in [3.8, 4) is 5.75 Å². The van der Waals surface area contributed by atoms with E-state index < -0.39 is 16.1 Å². The minimum Gasteiger partial charge on any atom is -0.481 e. The van der Waals surface area contributed by atoms with E-state index in [9.17, 15) is 13.2 Å². The lowest BCUT2D eigenvalue weighted by atomic mass is 10.2. The molecule has 29 heavy (non-hydrogen) atoms. The highest BCUT2D eigenvalue weighted by molar-refractivity contribution is 7.89. The van der Waals surface area contributed by atoms with Gasteiger partial charge in [0.25, 0.3) is 5.91 Å². The fourth-order valence-corrected chi connectivity index (χ4v) is 4.95. The van der Waals surface area contributed by atoms with E-state index in [0.29, 0.717) is 29.5 Å². The summed E-state index contributed by atoms with van der Waals surface area (Å²) in [4.78, 5) is 12.7. The van der Waals surface area contributed by atoms with Gasteiger partial charge in [-0.25, -0.2) is 8.42 Å². The van der Waals surface area contributed by atoms with Gasteiger partial charge in [0.1, 0.15) is 5.75 Å². The Balaban J connectivity index is 1.69. The molecule has 1 fully saturated rings. The van der Waals surface area contributed by atoms with Gasteiger partial charge in [0.15, 0.2) is 6.10 Å². The number of hydrogen-bond donors (Lipinski definition) is 1. The van der Waals surface area contributed by atoms with Crippen LogP contribution >= 0.6 is 11.6 Å². The number of rotatable bonds is 6. The fraction of sp³-hybridized carbons (Fsp3) is 0.381. The molecule has 3 rings (SSSR count). The molecule has 0 aromatic heterocycles. The lowest BCUT2D eigenvalue weighted by Gasteiger charge is -2.20. The third-order valence-corrected chi connectivity index (χ3v) is 6.91. The quantitative estimate of drug-likeness (QED) is 0.732. The minimum absolute atomic E-state index is 0.181. The number of hydrogen-bond acceptors (Lipinski definition) is 4. The number of benzene rings is 2. The molecule has 1 unspecified atom stereocenters. The van der Waals surface area contributed by atoms with Crippen molar-refractivity contribution in [2.24, 2.45) is 0 Å². The van der Waals surface area contributed by atoms with Gasteiger partial charge in [-0.15, -0.1) is 0 Å². The summed E-state index contributed by atoms with van der Waals surface area (Å²) in [6.07, 6.45) is 3.06. The Morgan fingerprint density at radius 3 is 2.45 bits per heavy atom. The highest BCUT2D eigenvalue weighted by atomic mass is 35.5. The van der Waals surface area contributed by atoms with Gasteiger partial charge in [0.05, 0.1) is 4.90 Å². The van der Waals surface area contributed by atoms with Crippen LogP contribution in [-0.4, -0.2) is 37.8 Å². The van der Waals surface area contributed by atoms with Crippen molar-refractivity contribution in [1.82, 2.24) is 4.31 Å². The Bertz CT molecular complexity index is 957. The van der Waals surface area contributed by atoms with E-state index in [4.69, 9.17) is 16.3 Å². The highest BCUT2D eigenvalue weighted by Crippen LogP contribution is 2.23. The Labute approximate surface area is 176 Å². The molecule has 2 aromatic carbocycles. The van der Waals surface area contributed by atoms with Crippen LogP contribution in [0.4, 0.5) is 5.69 Å². The molecular weight excluding hydrogens is 412 g/mol. The summed E-state index contributed by atoms with van der Waals surface area (Å²) in [5.74, 6) is 0.104. The van der Waals surface area contributed by atoms with Crippen LogP contribution in [0.5, 0.6) is 5.75 Å². The summed E-state index contributed by atoms with van der Waals surface area (Å²) >= 11 is 5.93. The predicted octanol–water partition coefficient (Wildman–Crippen LogP) is 4.31. The molecule has 6 nitrogen and oxygen atoms in total. The van der Waals surface area contributed by atoms with Gasteiger partial charge in [0, 0.05) is 23.8 Å². The van der Waals surface area contributed by atoms with E-state index >= 15 is 0 Å². The van der Waals surface area contributed by atoms with Crippen molar-refractivity contribution in [1.29, 1.82) is 0 Å². The normalized spacial score (nSPS) is 16.6. The third kappa shape index (κ3) is 5.72. The van der Waals surface area contributed by atoms with Crippen LogP contribution in [-0.2, 0) is 14.8 Å². The molecule has 1 saturated heterocycles. The van der Waals surface area contributed by atoms with Crippen LogP contribution in [0.15, 0.2) is 53.4 Å². The molecule has 0 bridgehead atoms. The van der Waals surface area contributed by atoms with Crippen LogP contribution in [0, 0.1) is 0 Å². The van der Waals surface area contributed by atoms with E-state index in [0.717, 1.165) is 25.7 Å². The number of sulfonamides is 1. The second kappa shape index (κ2) is 9.61. The molecule has 0 radical (unpaired) electrons. The molecule has 1 amide bonds. The van der Waals surface area contributed by atoms with Crippen LogP contribution in [0.25, 0.3) is 0 Å². The highest BCUT2D eigenvalue weighted by Gasteiger charge is 2.25. The monoisotopic (exact) mass is 436 g/mol. The first-order valence-electron chi connectivity index (χ1n) is 9.69. The molecule has 8 heteroatoms. The molecular formula is C21H25ClN2O4S. The molecule has 2 aromatic rings. The Morgan fingerprint density at radius 2 is 1.76 bits per heavy atom. The van der Waals surface area contributed by atoms with E-state index in [1.807, 2.05) is 0 Å². The Kier molecular flexibility index (Phi) is 7.16. The third-order valence-electron chi connectivity index (χ3n) is 4.78. The first kappa shape index (κ1) is 21.6. The number of amides is 1. The van der Waals surface area contributed by atoms with Crippen LogP contribution in [0.2, 0.25) is 5.02 Å². The number of ether oxygens (including phenoxy) is 1. The van der Waals surface area contributed by atoms with Gasteiger partial charge in [-0.1, -0.05) is 36.6 Å². The topological polar surface area (TPSA) is 75.7 Å². The molecule has 1 heterocycles. The summed E-state index contributed by atoms with van der Waals surface area (Å²) in [5.41, 5.74) is 0.410. The summed E-state index contributed by atoms with van der Waals surface area (Å²) in [7, 11) is -3.58. The standard InChI is InChI=1S/C21H25ClN2O4S/c1-16(28-19-10-6-8-17(22)14-19)21(25)23-18-9-7-11-20(15-18)29(26,27)24-12-4-2-3-5-13-24/h6-11,14-16H,2-5,12-13H2,1H3,(H,23,25). The molecule has 0 saturated carbocycles. The average Bonchev–Trinajstić information content (AvgIpc) is 2.98. The van der Waals surface area contributed by atoms with Gasteiger partial charge in [-0.05, 0) is 56.2 Å². The first-order chi connectivity index (χ1) is 13.9. The maximum absolute atomic E-state index is 13.0. The maximum atomic E-state index is 13.0. The van der Waals surface area contributed by atoms with Crippen LogP contribution < -0.4 is 10.1 Å². The molecule has 156 valence electrons. The van der Waals surface area contributed by atoms with Gasteiger partial charge < -0.3 is 10.1 Å². The molecule has 1 N–H and O–H groups in total. The number of carbonyl (C=O) groups is 1. The smallest absolute Gasteiger partial charge is 0.265 e. The molecule has 0 aliphatic carbocycles. The Morgan fingerprint density at radius 1 is 1.07 bits per heavy atom. The first-order valence-corrected chi connectivity index (χ1v) is 11.5. The average molecular weight is 437 g/mol. The zero-order valence-electron chi connectivity index (χ0n) is 16.3. The molecule has 0 spiro atoms. The number of halogens is 1. The summed E-state index contributed by atoms with van der Waals surface area (Å²) in [6, 6.07) is 13.1. The van der Waals surface area contributed by atoms with Crippen molar-refractivity contribution >= 4 is 33.2 Å². The zero-order valence-corrected chi connectivity index (χ0v) is 17.9. The predicted molar refractivity (Wildman–Crippen MR) is 114 cm³/mol. The van der Waals surface area contributed by atoms with Crippen molar-refractivity contribution in [2.45, 2.75) is 43.6 Å². The second-order valence-corrected chi connectivity index (χ2v) is 9.43. The lowest BCUT2D eigenvalue weighted by molar-refractivity contribution is -0.122. The lowest BCUT2D eigenvalue weighted by Crippen LogP contribution is -2.32. The van der Waals surface area contributed by atoms with Crippen molar-refractivity contribution in [3.05, 3.63) is 53.6 Å². The maximum Gasteiger partial charge on any atom is 0.265 e. The minimum atomic E-state index is -3.58. The van der Waals surface area contributed by atoms with Crippen molar-refractivity contribution < 1.29 is 17.9 Å². The van der Waals surface area contributed by atoms with E-state index in [-0.39, 0.29) is 10.8 Å². The van der Waals surface area contributed by atoms with Gasteiger partial charge >= 0.3 is 0 Å². The van der Waals surface area contributed by atoms with Crippen molar-refractivity contribution in [3.63, 3.8) is 0 Å². The Hall–Kier alpha value is -2.09. The number of nitrogens with zero attached hydrogens (tertiary/aromatic N) is 1. The van der Waals surface area contributed by atoms with Crippen LogP contribution in [0.3, 0.4) is 0 Å². The zero-order chi connectivity index (χ0) is 20.9. The summed E-state index contributed by atoms with van der Waals surface area (Å²) in [5, 5.41) is 3.24. The van der Waals surface area contributed by atoms with E-state index in [1.165, 1.54) is 10.4 Å². The number of anilines is 1. The second-order valence-electron chi connectivity index (χ2n) is 7.05. The largest absolute Gasteiger partial charge is 0.481 e. The molecule has 1 aliphatic heterocycles. The summed E-state index contributed by atoms with van der Waals surface area (Å²) in [6.45, 7) is 2.68. The van der Waals surface area contributed by atoms with Gasteiger partial charge in [0.2, 0.25) is 10.0 Å². The molecule has 1 aliphatic rings. The number of nitrogens with one attached hydrogen (secondary N) is 1. The van der Waals surface area contributed by atoms with Gasteiger partial charge in [-0.2, -0.15) is 4.31 Å². The van der Waals surface area contributed by atoms with Gasteiger partial charge in [-0.3, -0.25) is 4.79 Å². The van der Waals surface area contributed by atoms with Crippen molar-refractivity contribution in [2.75, 3.05) is 18.4 Å². The fourth-order valence-electron chi connectivity index (χ4n) is 3.21. The number of carbonyl (C=O) groups excluding carboxylic acids is 1. The van der Waals surface area contributed by atoms with Crippen LogP contribution in [0.1, 0.15) is 32.6 Å². The van der Waals surface area contributed by atoms with E-state index in [1.54, 1.807) is 49.4 Å².